The van der Waals surface area contributed by atoms with Gasteiger partial charge in [0.25, 0.3) is 0 Å². The van der Waals surface area contributed by atoms with Gasteiger partial charge in [0.1, 0.15) is 17.3 Å². The van der Waals surface area contributed by atoms with E-state index in [1.165, 1.54) is 13.4 Å². The quantitative estimate of drug-likeness (QED) is 0.360. The van der Waals surface area contributed by atoms with Gasteiger partial charge in [-0.05, 0) is 48.0 Å². The monoisotopic (exact) mass is 416 g/mol. The molecule has 1 unspecified atom stereocenters. The predicted octanol–water partition coefficient (Wildman–Crippen LogP) is 4.12. The molecule has 3 heterocycles. The molecule has 154 valence electrons. The minimum absolute atomic E-state index is 0.0859. The molecule has 0 radical (unpaired) electrons. The molecule has 5 rings (SSSR count). The van der Waals surface area contributed by atoms with Gasteiger partial charge in [0.05, 0.1) is 36.8 Å². The van der Waals surface area contributed by atoms with Gasteiger partial charge in [0, 0.05) is 5.56 Å². The molecule has 0 saturated heterocycles. The SMILES string of the molecule is COC(=O)c1ccc(C=C2Oc3c(ccc4c3C(c3ccco3)CC(=O)O4)C2=O)cc1. The lowest BCUT2D eigenvalue weighted by molar-refractivity contribution is -0.135. The molecule has 1 aromatic heterocycles. The smallest absolute Gasteiger partial charge is 0.337 e. The maximum atomic E-state index is 13.0. The van der Waals surface area contributed by atoms with Gasteiger partial charge in [0.2, 0.25) is 5.78 Å². The Morgan fingerprint density at radius 2 is 1.87 bits per heavy atom. The number of esters is 2. The van der Waals surface area contributed by atoms with Crippen LogP contribution in [0, 0.1) is 0 Å². The summed E-state index contributed by atoms with van der Waals surface area (Å²) in [6, 6.07) is 13.3. The van der Waals surface area contributed by atoms with E-state index < -0.39 is 11.9 Å². The molecule has 0 aliphatic carbocycles. The van der Waals surface area contributed by atoms with Crippen LogP contribution in [0.15, 0.2) is 65.0 Å². The Kier molecular flexibility index (Phi) is 4.43. The number of hydrogen-bond acceptors (Lipinski definition) is 7. The second kappa shape index (κ2) is 7.28. The van der Waals surface area contributed by atoms with E-state index in [0.717, 1.165) is 0 Å². The van der Waals surface area contributed by atoms with Crippen molar-refractivity contribution in [3.8, 4) is 11.5 Å². The van der Waals surface area contributed by atoms with Crippen molar-refractivity contribution in [3.05, 3.63) is 88.6 Å². The highest BCUT2D eigenvalue weighted by Crippen LogP contribution is 2.49. The molecule has 0 saturated carbocycles. The lowest BCUT2D eigenvalue weighted by atomic mass is 9.88. The Morgan fingerprint density at radius 1 is 1.06 bits per heavy atom. The van der Waals surface area contributed by atoms with Gasteiger partial charge in [-0.25, -0.2) is 4.79 Å². The summed E-state index contributed by atoms with van der Waals surface area (Å²) in [5.41, 5.74) is 2.10. The largest absolute Gasteiger partial charge is 0.469 e. The van der Waals surface area contributed by atoms with Gasteiger partial charge in [-0.1, -0.05) is 12.1 Å². The third-order valence-electron chi connectivity index (χ3n) is 5.30. The molecule has 2 aliphatic rings. The fraction of sp³-hybridized carbons (Fsp3) is 0.125. The first kappa shape index (κ1) is 18.9. The number of hydrogen-bond donors (Lipinski definition) is 0. The molecule has 1 atom stereocenters. The highest BCUT2D eigenvalue weighted by atomic mass is 16.5. The molecule has 7 nitrogen and oxygen atoms in total. The molecule has 0 N–H and O–H groups in total. The number of methoxy groups -OCH3 is 1. The Balaban J connectivity index is 1.53. The van der Waals surface area contributed by atoms with Crippen LogP contribution in [-0.2, 0) is 9.53 Å². The molecule has 2 aliphatic heterocycles. The average molecular weight is 416 g/mol. The lowest BCUT2D eigenvalue weighted by Crippen LogP contribution is -2.21. The van der Waals surface area contributed by atoms with Gasteiger partial charge < -0.3 is 18.6 Å². The first-order chi connectivity index (χ1) is 15.0. The van der Waals surface area contributed by atoms with Crippen molar-refractivity contribution in [2.45, 2.75) is 12.3 Å². The number of furan rings is 1. The second-order valence-electron chi connectivity index (χ2n) is 7.15. The van der Waals surface area contributed by atoms with Crippen LogP contribution in [0.25, 0.3) is 6.08 Å². The van der Waals surface area contributed by atoms with Crippen LogP contribution < -0.4 is 9.47 Å². The minimum atomic E-state index is -0.440. The van der Waals surface area contributed by atoms with E-state index in [4.69, 9.17) is 18.6 Å². The molecule has 2 aromatic carbocycles. The number of fused-ring (bicyclic) bond motifs is 3. The summed E-state index contributed by atoms with van der Waals surface area (Å²) in [7, 11) is 1.31. The summed E-state index contributed by atoms with van der Waals surface area (Å²) in [5.74, 6) is -0.0357. The lowest BCUT2D eigenvalue weighted by Gasteiger charge is -2.24. The van der Waals surface area contributed by atoms with E-state index in [1.54, 1.807) is 54.6 Å². The zero-order valence-electron chi connectivity index (χ0n) is 16.4. The van der Waals surface area contributed by atoms with E-state index in [2.05, 4.69) is 0 Å². The Labute approximate surface area is 176 Å². The highest BCUT2D eigenvalue weighted by molar-refractivity contribution is 6.15. The van der Waals surface area contributed by atoms with Gasteiger partial charge >= 0.3 is 11.9 Å². The average Bonchev–Trinajstić information content (AvgIpc) is 3.42. The van der Waals surface area contributed by atoms with E-state index in [-0.39, 0.29) is 23.9 Å². The van der Waals surface area contributed by atoms with Crippen LogP contribution in [0.2, 0.25) is 0 Å². The van der Waals surface area contributed by atoms with Crippen LogP contribution in [0.3, 0.4) is 0 Å². The molecule has 0 bridgehead atoms. The number of carbonyl (C=O) groups is 3. The molecule has 0 amide bonds. The van der Waals surface area contributed by atoms with Gasteiger partial charge in [-0.3, -0.25) is 9.59 Å². The zero-order valence-corrected chi connectivity index (χ0v) is 16.4. The highest BCUT2D eigenvalue weighted by Gasteiger charge is 2.39. The van der Waals surface area contributed by atoms with E-state index in [0.29, 0.717) is 39.5 Å². The number of Topliss-reactive ketones (excluding diaryl/α,β-unsaturated/α-hetero) is 1. The van der Waals surface area contributed by atoms with Crippen LogP contribution in [-0.4, -0.2) is 24.8 Å². The number of allylic oxidation sites excluding steroid dienone is 1. The fourth-order valence-corrected chi connectivity index (χ4v) is 3.82. The van der Waals surface area contributed by atoms with Gasteiger partial charge in [0.15, 0.2) is 5.76 Å². The summed E-state index contributed by atoms with van der Waals surface area (Å²) in [6.07, 6.45) is 3.22. The van der Waals surface area contributed by atoms with Crippen molar-refractivity contribution < 1.29 is 33.0 Å². The van der Waals surface area contributed by atoms with E-state index in [1.807, 2.05) is 0 Å². The molecule has 3 aromatic rings. The molecule has 7 heteroatoms. The van der Waals surface area contributed by atoms with Crippen LogP contribution in [0.5, 0.6) is 11.5 Å². The first-order valence-corrected chi connectivity index (χ1v) is 9.58. The summed E-state index contributed by atoms with van der Waals surface area (Å²) < 4.78 is 21.6. The third-order valence-corrected chi connectivity index (χ3v) is 5.30. The zero-order chi connectivity index (χ0) is 21.5. The number of rotatable bonds is 3. The molecule has 31 heavy (non-hydrogen) atoms. The summed E-state index contributed by atoms with van der Waals surface area (Å²) in [6.45, 7) is 0. The van der Waals surface area contributed by atoms with Crippen molar-refractivity contribution in [2.75, 3.05) is 7.11 Å². The number of carbonyl (C=O) groups excluding carboxylic acids is 3. The van der Waals surface area contributed by atoms with Gasteiger partial charge in [-0.15, -0.1) is 0 Å². The van der Waals surface area contributed by atoms with Crippen molar-refractivity contribution in [3.63, 3.8) is 0 Å². The summed E-state index contributed by atoms with van der Waals surface area (Å²) in [4.78, 5) is 36.6. The Morgan fingerprint density at radius 3 is 2.58 bits per heavy atom. The number of benzene rings is 2. The summed E-state index contributed by atoms with van der Waals surface area (Å²) in [5, 5.41) is 0. The van der Waals surface area contributed by atoms with Crippen molar-refractivity contribution in [1.29, 1.82) is 0 Å². The molecular formula is C24H16O7. The van der Waals surface area contributed by atoms with Crippen LogP contribution in [0.1, 0.15) is 49.9 Å². The molecule has 0 fully saturated rings. The normalized spacial score (nSPS) is 18.2. The minimum Gasteiger partial charge on any atom is -0.469 e. The molecular weight excluding hydrogens is 400 g/mol. The first-order valence-electron chi connectivity index (χ1n) is 9.58. The predicted molar refractivity (Wildman–Crippen MR) is 108 cm³/mol. The molecule has 0 spiro atoms. The van der Waals surface area contributed by atoms with Crippen molar-refractivity contribution >= 4 is 23.8 Å². The van der Waals surface area contributed by atoms with Gasteiger partial charge in [-0.2, -0.15) is 0 Å². The Bertz CT molecular complexity index is 1230. The topological polar surface area (TPSA) is 92.0 Å². The third kappa shape index (κ3) is 3.20. The van der Waals surface area contributed by atoms with E-state index >= 15 is 0 Å². The maximum absolute atomic E-state index is 13.0. The van der Waals surface area contributed by atoms with Crippen molar-refractivity contribution in [1.82, 2.24) is 0 Å². The number of ketones is 1. The second-order valence-corrected chi connectivity index (χ2v) is 7.15. The summed E-state index contributed by atoms with van der Waals surface area (Å²) >= 11 is 0. The Hall–Kier alpha value is -4.13. The van der Waals surface area contributed by atoms with Crippen LogP contribution in [0.4, 0.5) is 0 Å². The fourth-order valence-electron chi connectivity index (χ4n) is 3.82. The standard InChI is InChI=1S/C24H16O7/c1-28-24(27)14-6-4-13(5-7-14)11-19-22(26)15-8-9-18-21(23(15)31-19)16(12-20(25)30-18)17-3-2-10-29-17/h2-11,16H,12H2,1H3. The maximum Gasteiger partial charge on any atom is 0.337 e. The van der Waals surface area contributed by atoms with E-state index in [9.17, 15) is 14.4 Å². The van der Waals surface area contributed by atoms with Crippen LogP contribution >= 0.6 is 0 Å². The number of ether oxygens (including phenoxy) is 3. The van der Waals surface area contributed by atoms with Crippen molar-refractivity contribution in [2.24, 2.45) is 0 Å².